The second kappa shape index (κ2) is 11.2. The van der Waals surface area contributed by atoms with E-state index in [1.165, 1.54) is 0 Å². The summed E-state index contributed by atoms with van der Waals surface area (Å²) in [4.78, 5) is 28.4. The number of nitrogens with zero attached hydrogens (tertiary/aromatic N) is 2. The summed E-state index contributed by atoms with van der Waals surface area (Å²) in [5.74, 6) is 0.544. The normalized spacial score (nSPS) is 21.5. The molecule has 0 radical (unpaired) electrons. The third kappa shape index (κ3) is 6.10. The Bertz CT molecular complexity index is 902. The Balaban J connectivity index is 1.25. The summed E-state index contributed by atoms with van der Waals surface area (Å²) in [7, 11) is 0. The standard InChI is InChI=1S/C27H37FN2O4/c1-19(2)34-27(32)30-15-11-20(12-16-30)18-33-25-10-9-23(17-24(25)28)21-5-7-22(8-6-21)26(31)29-13-3-4-14-29/h5,9-10,17,19-20,22H,3-4,6-8,11-16,18H2,1-2H3. The predicted octanol–water partition coefficient (Wildman–Crippen LogP) is 5.27. The van der Waals surface area contributed by atoms with Gasteiger partial charge >= 0.3 is 6.09 Å². The number of piperidine rings is 1. The molecule has 7 heteroatoms. The number of benzene rings is 1. The van der Waals surface area contributed by atoms with Crippen molar-refractivity contribution in [3.05, 3.63) is 35.7 Å². The van der Waals surface area contributed by atoms with Crippen molar-refractivity contribution in [1.29, 1.82) is 0 Å². The summed E-state index contributed by atoms with van der Waals surface area (Å²) in [5.41, 5.74) is 1.98. The van der Waals surface area contributed by atoms with Crippen LogP contribution in [0.3, 0.4) is 0 Å². The Morgan fingerprint density at radius 1 is 1.06 bits per heavy atom. The Kier molecular flexibility index (Phi) is 8.11. The first-order valence-electron chi connectivity index (χ1n) is 12.8. The smallest absolute Gasteiger partial charge is 0.410 e. The molecular weight excluding hydrogens is 435 g/mol. The lowest BCUT2D eigenvalue weighted by Gasteiger charge is -2.31. The van der Waals surface area contributed by atoms with Gasteiger partial charge in [0.1, 0.15) is 0 Å². The molecule has 0 aromatic heterocycles. The van der Waals surface area contributed by atoms with Gasteiger partial charge in [0.05, 0.1) is 12.7 Å². The number of hydrogen-bond acceptors (Lipinski definition) is 4. The highest BCUT2D eigenvalue weighted by Gasteiger charge is 2.28. The molecule has 0 N–H and O–H groups in total. The lowest BCUT2D eigenvalue weighted by molar-refractivity contribution is -0.134. The van der Waals surface area contributed by atoms with E-state index in [1.807, 2.05) is 24.8 Å². The van der Waals surface area contributed by atoms with Crippen LogP contribution in [0.25, 0.3) is 5.57 Å². The third-order valence-electron chi connectivity index (χ3n) is 7.16. The zero-order valence-electron chi connectivity index (χ0n) is 20.4. The molecule has 1 aliphatic carbocycles. The Labute approximate surface area is 202 Å². The van der Waals surface area contributed by atoms with Crippen LogP contribution in [0.4, 0.5) is 9.18 Å². The second-order valence-corrected chi connectivity index (χ2v) is 10.1. The Morgan fingerprint density at radius 3 is 2.41 bits per heavy atom. The second-order valence-electron chi connectivity index (χ2n) is 10.1. The number of amides is 2. The van der Waals surface area contributed by atoms with Gasteiger partial charge in [-0.15, -0.1) is 0 Å². The summed E-state index contributed by atoms with van der Waals surface area (Å²) in [5, 5.41) is 0. The van der Waals surface area contributed by atoms with Crippen LogP contribution in [0.5, 0.6) is 5.75 Å². The molecule has 1 aromatic carbocycles. The van der Waals surface area contributed by atoms with E-state index in [1.54, 1.807) is 17.0 Å². The minimum atomic E-state index is -0.355. The Hall–Kier alpha value is -2.57. The fourth-order valence-electron chi connectivity index (χ4n) is 5.10. The predicted molar refractivity (Wildman–Crippen MR) is 129 cm³/mol. The van der Waals surface area contributed by atoms with E-state index in [0.29, 0.717) is 19.7 Å². The lowest BCUT2D eigenvalue weighted by Crippen LogP contribution is -2.40. The largest absolute Gasteiger partial charge is 0.490 e. The molecule has 2 amide bonds. The van der Waals surface area contributed by atoms with E-state index in [-0.39, 0.29) is 41.5 Å². The van der Waals surface area contributed by atoms with Crippen molar-refractivity contribution in [3.63, 3.8) is 0 Å². The van der Waals surface area contributed by atoms with E-state index in [9.17, 15) is 14.0 Å². The molecule has 4 rings (SSSR count). The molecule has 34 heavy (non-hydrogen) atoms. The molecule has 1 unspecified atom stereocenters. The van der Waals surface area contributed by atoms with Crippen molar-refractivity contribution in [2.45, 2.75) is 64.9 Å². The van der Waals surface area contributed by atoms with Crippen LogP contribution in [0.2, 0.25) is 0 Å². The van der Waals surface area contributed by atoms with Gasteiger partial charge in [0, 0.05) is 32.1 Å². The van der Waals surface area contributed by atoms with Crippen molar-refractivity contribution >= 4 is 17.6 Å². The van der Waals surface area contributed by atoms with Crippen LogP contribution < -0.4 is 4.74 Å². The van der Waals surface area contributed by atoms with E-state index in [2.05, 4.69) is 6.08 Å². The molecule has 0 spiro atoms. The zero-order valence-corrected chi connectivity index (χ0v) is 20.4. The molecule has 1 aromatic rings. The molecule has 186 valence electrons. The van der Waals surface area contributed by atoms with Crippen molar-refractivity contribution in [1.82, 2.24) is 9.80 Å². The molecule has 2 saturated heterocycles. The van der Waals surface area contributed by atoms with Gasteiger partial charge in [-0.2, -0.15) is 0 Å². The number of likely N-dealkylation sites (tertiary alicyclic amines) is 2. The average molecular weight is 473 g/mol. The van der Waals surface area contributed by atoms with E-state index < -0.39 is 0 Å². The third-order valence-corrected chi connectivity index (χ3v) is 7.16. The number of ether oxygens (including phenoxy) is 2. The maximum Gasteiger partial charge on any atom is 0.410 e. The maximum absolute atomic E-state index is 14.8. The molecule has 3 aliphatic rings. The molecule has 2 heterocycles. The number of carbonyl (C=O) groups is 2. The first-order chi connectivity index (χ1) is 16.4. The van der Waals surface area contributed by atoms with Crippen molar-refractivity contribution < 1.29 is 23.5 Å². The first kappa shape index (κ1) is 24.6. The van der Waals surface area contributed by atoms with E-state index in [0.717, 1.165) is 69.2 Å². The maximum atomic E-state index is 14.8. The van der Waals surface area contributed by atoms with Crippen LogP contribution in [-0.4, -0.2) is 60.7 Å². The zero-order chi connectivity index (χ0) is 24.1. The summed E-state index contributed by atoms with van der Waals surface area (Å²) < 4.78 is 25.8. The Morgan fingerprint density at radius 2 is 1.79 bits per heavy atom. The van der Waals surface area contributed by atoms with Crippen molar-refractivity contribution in [2.75, 3.05) is 32.8 Å². The highest BCUT2D eigenvalue weighted by molar-refractivity contribution is 5.81. The average Bonchev–Trinajstić information content (AvgIpc) is 3.38. The first-order valence-corrected chi connectivity index (χ1v) is 12.8. The van der Waals surface area contributed by atoms with Crippen LogP contribution in [0.15, 0.2) is 24.3 Å². The molecule has 0 bridgehead atoms. The molecular formula is C27H37FN2O4. The van der Waals surface area contributed by atoms with Gasteiger partial charge in [-0.1, -0.05) is 12.1 Å². The van der Waals surface area contributed by atoms with Gasteiger partial charge in [-0.3, -0.25) is 4.79 Å². The summed E-state index contributed by atoms with van der Waals surface area (Å²) >= 11 is 0. The lowest BCUT2D eigenvalue weighted by atomic mass is 9.86. The molecule has 1 atom stereocenters. The SMILES string of the molecule is CC(C)OC(=O)N1CCC(COc2ccc(C3=CCC(C(=O)N4CCCC4)CC3)cc2F)CC1. The van der Waals surface area contributed by atoms with Crippen molar-refractivity contribution in [2.24, 2.45) is 11.8 Å². The highest BCUT2D eigenvalue weighted by Crippen LogP contribution is 2.33. The minimum Gasteiger partial charge on any atom is -0.490 e. The summed E-state index contributed by atoms with van der Waals surface area (Å²) in [6.45, 7) is 7.18. The molecule has 6 nitrogen and oxygen atoms in total. The van der Waals surface area contributed by atoms with E-state index in [4.69, 9.17) is 9.47 Å². The van der Waals surface area contributed by atoms with Gasteiger partial charge in [0.2, 0.25) is 5.91 Å². The van der Waals surface area contributed by atoms with Gasteiger partial charge in [-0.05, 0) is 88.0 Å². The number of hydrogen-bond donors (Lipinski definition) is 0. The van der Waals surface area contributed by atoms with Gasteiger partial charge < -0.3 is 19.3 Å². The topological polar surface area (TPSA) is 59.1 Å². The number of allylic oxidation sites excluding steroid dienone is 2. The van der Waals surface area contributed by atoms with E-state index >= 15 is 0 Å². The van der Waals surface area contributed by atoms with Crippen molar-refractivity contribution in [3.8, 4) is 5.75 Å². The van der Waals surface area contributed by atoms with Crippen LogP contribution in [0, 0.1) is 17.7 Å². The number of halogens is 1. The molecule has 2 fully saturated rings. The number of rotatable bonds is 6. The summed E-state index contributed by atoms with van der Waals surface area (Å²) in [6, 6.07) is 5.17. The highest BCUT2D eigenvalue weighted by atomic mass is 19.1. The van der Waals surface area contributed by atoms with Gasteiger partial charge in [0.25, 0.3) is 0 Å². The van der Waals surface area contributed by atoms with Gasteiger partial charge in [0.15, 0.2) is 11.6 Å². The molecule has 2 aliphatic heterocycles. The van der Waals surface area contributed by atoms with Crippen LogP contribution in [0.1, 0.15) is 64.4 Å². The van der Waals surface area contributed by atoms with Crippen LogP contribution in [-0.2, 0) is 9.53 Å². The fraction of sp³-hybridized carbons (Fsp3) is 0.630. The fourth-order valence-corrected chi connectivity index (χ4v) is 5.10. The van der Waals surface area contributed by atoms with Crippen LogP contribution >= 0.6 is 0 Å². The minimum absolute atomic E-state index is 0.0629. The monoisotopic (exact) mass is 472 g/mol. The van der Waals surface area contributed by atoms with Gasteiger partial charge in [-0.25, -0.2) is 9.18 Å². The molecule has 0 saturated carbocycles. The number of carbonyl (C=O) groups excluding carboxylic acids is 2. The quantitative estimate of drug-likeness (QED) is 0.566. The summed E-state index contributed by atoms with van der Waals surface area (Å²) in [6.07, 6.45) is 7.92.